The van der Waals surface area contributed by atoms with Gasteiger partial charge in [-0.2, -0.15) is 5.26 Å². The monoisotopic (exact) mass is 279 g/mol. The zero-order chi connectivity index (χ0) is 15.2. The number of hydrogen-bond donors (Lipinski definition) is 1. The minimum absolute atomic E-state index is 0.277. The molecule has 20 heavy (non-hydrogen) atoms. The van der Waals surface area contributed by atoms with Crippen LogP contribution in [0.15, 0.2) is 0 Å². The largest absolute Gasteiger partial charge is 0.300 e. The number of nitrogens with one attached hydrogen (secondary N) is 1. The van der Waals surface area contributed by atoms with Gasteiger partial charge in [0, 0.05) is 18.6 Å². The van der Waals surface area contributed by atoms with Crippen LogP contribution in [0.2, 0.25) is 0 Å². The molecular formula is C17H33N3. The maximum Gasteiger partial charge on any atom is 0.108 e. The predicted octanol–water partition coefficient (Wildman–Crippen LogP) is 3.56. The van der Waals surface area contributed by atoms with Crippen molar-refractivity contribution in [2.45, 2.75) is 84.3 Å². The molecule has 1 aliphatic rings. The van der Waals surface area contributed by atoms with Crippen LogP contribution in [0.5, 0.6) is 0 Å². The highest BCUT2D eigenvalue weighted by Crippen LogP contribution is 2.34. The lowest BCUT2D eigenvalue weighted by Gasteiger charge is -2.37. The van der Waals surface area contributed by atoms with E-state index in [4.69, 9.17) is 0 Å². The van der Waals surface area contributed by atoms with Crippen LogP contribution in [0.3, 0.4) is 0 Å². The Morgan fingerprint density at radius 3 is 2.40 bits per heavy atom. The van der Waals surface area contributed by atoms with Crippen LogP contribution in [0.4, 0.5) is 0 Å². The molecule has 0 saturated heterocycles. The van der Waals surface area contributed by atoms with Gasteiger partial charge in [0.05, 0.1) is 6.07 Å². The minimum atomic E-state index is -0.277. The second kappa shape index (κ2) is 8.00. The summed E-state index contributed by atoms with van der Waals surface area (Å²) in [6, 6.07) is 3.79. The molecule has 0 amide bonds. The quantitative estimate of drug-likeness (QED) is 0.738. The van der Waals surface area contributed by atoms with E-state index in [0.29, 0.717) is 18.0 Å². The van der Waals surface area contributed by atoms with Crippen LogP contribution in [-0.4, -0.2) is 35.6 Å². The van der Waals surface area contributed by atoms with Crippen LogP contribution in [0.1, 0.15) is 66.7 Å². The molecule has 0 aromatic heterocycles. The third-order valence-electron chi connectivity index (χ3n) is 4.67. The second-order valence-corrected chi connectivity index (χ2v) is 6.68. The highest BCUT2D eigenvalue weighted by atomic mass is 15.2. The van der Waals surface area contributed by atoms with Gasteiger partial charge in [-0.3, -0.25) is 10.2 Å². The number of nitriles is 1. The SMILES string of the molecule is CCNC1(C#N)CCC(N(CC(C)C)C(CC)CC)C1. The average molecular weight is 279 g/mol. The molecule has 1 aliphatic carbocycles. The van der Waals surface area contributed by atoms with Crippen LogP contribution in [-0.2, 0) is 0 Å². The molecule has 2 atom stereocenters. The van der Waals surface area contributed by atoms with Crippen molar-refractivity contribution in [2.75, 3.05) is 13.1 Å². The summed E-state index contributed by atoms with van der Waals surface area (Å²) in [7, 11) is 0. The molecule has 0 spiro atoms. The van der Waals surface area contributed by atoms with E-state index in [-0.39, 0.29) is 5.54 Å². The average Bonchev–Trinajstić information content (AvgIpc) is 2.84. The fourth-order valence-corrected chi connectivity index (χ4v) is 3.72. The zero-order valence-electron chi connectivity index (χ0n) is 14.1. The van der Waals surface area contributed by atoms with Crippen LogP contribution < -0.4 is 5.32 Å². The van der Waals surface area contributed by atoms with Gasteiger partial charge >= 0.3 is 0 Å². The molecule has 1 fully saturated rings. The molecular weight excluding hydrogens is 246 g/mol. The molecule has 116 valence electrons. The molecule has 1 rings (SSSR count). The fourth-order valence-electron chi connectivity index (χ4n) is 3.72. The topological polar surface area (TPSA) is 39.1 Å². The molecule has 0 heterocycles. The molecule has 2 unspecified atom stereocenters. The Bertz CT molecular complexity index is 317. The van der Waals surface area contributed by atoms with Crippen LogP contribution in [0.25, 0.3) is 0 Å². The van der Waals surface area contributed by atoms with Crippen molar-refractivity contribution in [3.05, 3.63) is 0 Å². The van der Waals surface area contributed by atoms with Crippen LogP contribution in [0, 0.1) is 17.2 Å². The Morgan fingerprint density at radius 1 is 1.30 bits per heavy atom. The minimum Gasteiger partial charge on any atom is -0.300 e. The van der Waals surface area contributed by atoms with Crippen LogP contribution >= 0.6 is 0 Å². The third kappa shape index (κ3) is 4.20. The standard InChI is InChI=1S/C17H33N3/c1-6-15(7-2)20(12-14(4)5)16-9-10-17(11-16,13-18)19-8-3/h14-16,19H,6-12H2,1-5H3. The zero-order valence-corrected chi connectivity index (χ0v) is 14.1. The summed E-state index contributed by atoms with van der Waals surface area (Å²) in [5.74, 6) is 0.687. The Morgan fingerprint density at radius 2 is 1.95 bits per heavy atom. The van der Waals surface area contributed by atoms with Gasteiger partial charge in [0.15, 0.2) is 0 Å². The van der Waals surface area contributed by atoms with Gasteiger partial charge in [-0.25, -0.2) is 0 Å². The van der Waals surface area contributed by atoms with E-state index >= 15 is 0 Å². The highest BCUT2D eigenvalue weighted by Gasteiger charge is 2.42. The van der Waals surface area contributed by atoms with Crippen molar-refractivity contribution in [3.63, 3.8) is 0 Å². The number of hydrogen-bond acceptors (Lipinski definition) is 3. The summed E-state index contributed by atoms with van der Waals surface area (Å²) >= 11 is 0. The van der Waals surface area contributed by atoms with E-state index in [0.717, 1.165) is 32.4 Å². The first-order valence-electron chi connectivity index (χ1n) is 8.43. The first-order valence-corrected chi connectivity index (χ1v) is 8.43. The van der Waals surface area contributed by atoms with E-state index in [9.17, 15) is 5.26 Å². The van der Waals surface area contributed by atoms with Gasteiger partial charge in [0.2, 0.25) is 0 Å². The maximum absolute atomic E-state index is 9.55. The van der Waals surface area contributed by atoms with E-state index in [1.54, 1.807) is 0 Å². The van der Waals surface area contributed by atoms with Crippen molar-refractivity contribution >= 4 is 0 Å². The lowest BCUT2D eigenvalue weighted by atomic mass is 9.98. The second-order valence-electron chi connectivity index (χ2n) is 6.68. The molecule has 1 saturated carbocycles. The fraction of sp³-hybridized carbons (Fsp3) is 0.941. The summed E-state index contributed by atoms with van der Waals surface area (Å²) in [6.07, 6.45) is 5.56. The van der Waals surface area contributed by atoms with Crippen molar-refractivity contribution in [3.8, 4) is 6.07 Å². The molecule has 1 N–H and O–H groups in total. The van der Waals surface area contributed by atoms with E-state index < -0.39 is 0 Å². The normalized spacial score (nSPS) is 26.6. The highest BCUT2D eigenvalue weighted by molar-refractivity contribution is 5.13. The van der Waals surface area contributed by atoms with Gasteiger partial charge in [-0.1, -0.05) is 34.6 Å². The van der Waals surface area contributed by atoms with Crippen molar-refractivity contribution in [1.82, 2.24) is 10.2 Å². The number of rotatable bonds is 8. The molecule has 0 aromatic carbocycles. The number of nitrogens with zero attached hydrogens (tertiary/aromatic N) is 2. The molecule has 0 radical (unpaired) electrons. The Kier molecular flexibility index (Phi) is 6.99. The Balaban J connectivity index is 2.81. The summed E-state index contributed by atoms with van der Waals surface area (Å²) in [4.78, 5) is 2.70. The lowest BCUT2D eigenvalue weighted by Crippen LogP contribution is -2.47. The summed E-state index contributed by atoms with van der Waals surface area (Å²) in [5.41, 5.74) is -0.277. The predicted molar refractivity (Wildman–Crippen MR) is 85.6 cm³/mol. The van der Waals surface area contributed by atoms with E-state index in [1.165, 1.54) is 12.8 Å². The Hall–Kier alpha value is -0.590. The third-order valence-corrected chi connectivity index (χ3v) is 4.67. The van der Waals surface area contributed by atoms with Gasteiger partial charge in [-0.15, -0.1) is 0 Å². The first-order chi connectivity index (χ1) is 9.51. The molecule has 0 aromatic rings. The Labute approximate surface area is 125 Å². The van der Waals surface area contributed by atoms with Gasteiger partial charge < -0.3 is 0 Å². The van der Waals surface area contributed by atoms with Gasteiger partial charge in [0.1, 0.15) is 5.54 Å². The molecule has 0 bridgehead atoms. The maximum atomic E-state index is 9.55. The van der Waals surface area contributed by atoms with E-state index in [1.807, 2.05) is 0 Å². The molecule has 3 nitrogen and oxygen atoms in total. The van der Waals surface area contributed by atoms with Gasteiger partial charge in [-0.05, 0) is 44.6 Å². The van der Waals surface area contributed by atoms with E-state index in [2.05, 4.69) is 50.9 Å². The smallest absolute Gasteiger partial charge is 0.108 e. The van der Waals surface area contributed by atoms with Crippen molar-refractivity contribution in [2.24, 2.45) is 5.92 Å². The molecule has 3 heteroatoms. The molecule has 0 aliphatic heterocycles. The summed E-state index contributed by atoms with van der Waals surface area (Å²) in [5, 5.41) is 13.0. The van der Waals surface area contributed by atoms with Crippen molar-refractivity contribution < 1.29 is 0 Å². The summed E-state index contributed by atoms with van der Waals surface area (Å²) < 4.78 is 0. The lowest BCUT2D eigenvalue weighted by molar-refractivity contribution is 0.108. The summed E-state index contributed by atoms with van der Waals surface area (Å²) in [6.45, 7) is 13.3. The van der Waals surface area contributed by atoms with Gasteiger partial charge in [0.25, 0.3) is 0 Å². The van der Waals surface area contributed by atoms with Crippen molar-refractivity contribution in [1.29, 1.82) is 5.26 Å². The first kappa shape index (κ1) is 17.5.